The largest absolute Gasteiger partial charge is 0.488 e. The third-order valence-electron chi connectivity index (χ3n) is 4.26. The molecule has 1 amide bonds. The third-order valence-corrected chi connectivity index (χ3v) is 4.26. The molecule has 136 valence electrons. The van der Waals surface area contributed by atoms with E-state index < -0.39 is 0 Å². The molecule has 0 spiro atoms. The number of pyridine rings is 1. The van der Waals surface area contributed by atoms with Crippen LogP contribution in [0.25, 0.3) is 11.3 Å². The Morgan fingerprint density at radius 2 is 1.96 bits per heavy atom. The second kappa shape index (κ2) is 7.07. The molecule has 0 aliphatic heterocycles. The molecule has 1 aromatic heterocycles. The summed E-state index contributed by atoms with van der Waals surface area (Å²) in [5, 5.41) is 2.76. The number of nitrogens with zero attached hydrogens (tertiary/aromatic N) is 1. The molecule has 6 heteroatoms. The van der Waals surface area contributed by atoms with Crippen molar-refractivity contribution in [3.63, 3.8) is 0 Å². The van der Waals surface area contributed by atoms with Gasteiger partial charge in [0.1, 0.15) is 11.6 Å². The normalized spacial score (nSPS) is 13.2. The maximum absolute atomic E-state index is 13.8. The summed E-state index contributed by atoms with van der Waals surface area (Å²) in [6.45, 7) is 0. The molecule has 3 N–H and O–H groups in total. The first kappa shape index (κ1) is 17.0. The fraction of sp³-hybridized carbons (Fsp3) is 0.143. The molecule has 0 atom stereocenters. The topological polar surface area (TPSA) is 77.2 Å². The highest BCUT2D eigenvalue weighted by Gasteiger charge is 2.24. The maximum Gasteiger partial charge on any atom is 0.255 e. The number of carbonyl (C=O) groups is 1. The van der Waals surface area contributed by atoms with E-state index in [4.69, 9.17) is 10.5 Å². The lowest BCUT2D eigenvalue weighted by atomic mass is 10.1. The number of hydrogen-bond donors (Lipinski definition) is 2. The number of nitrogens with one attached hydrogen (secondary N) is 1. The van der Waals surface area contributed by atoms with Crippen LogP contribution in [-0.4, -0.2) is 17.0 Å². The Kier molecular flexibility index (Phi) is 4.46. The van der Waals surface area contributed by atoms with E-state index in [9.17, 15) is 9.18 Å². The molecule has 2 aromatic carbocycles. The van der Waals surface area contributed by atoms with Crippen molar-refractivity contribution in [2.24, 2.45) is 0 Å². The number of hydrogen-bond acceptors (Lipinski definition) is 4. The molecule has 5 nitrogen and oxygen atoms in total. The van der Waals surface area contributed by atoms with Crippen molar-refractivity contribution in [3.05, 3.63) is 72.2 Å². The van der Waals surface area contributed by atoms with Crippen molar-refractivity contribution in [2.75, 3.05) is 11.1 Å². The summed E-state index contributed by atoms with van der Waals surface area (Å²) >= 11 is 0. The Balaban J connectivity index is 1.46. The second-order valence-electron chi connectivity index (χ2n) is 6.44. The number of amides is 1. The van der Waals surface area contributed by atoms with Gasteiger partial charge < -0.3 is 15.8 Å². The summed E-state index contributed by atoms with van der Waals surface area (Å²) in [7, 11) is 0. The average molecular weight is 363 g/mol. The summed E-state index contributed by atoms with van der Waals surface area (Å²) in [6.07, 6.45) is 3.81. The van der Waals surface area contributed by atoms with Crippen molar-refractivity contribution in [1.29, 1.82) is 0 Å². The fourth-order valence-electron chi connectivity index (χ4n) is 2.66. The van der Waals surface area contributed by atoms with E-state index in [2.05, 4.69) is 10.3 Å². The van der Waals surface area contributed by atoms with Crippen LogP contribution in [0.2, 0.25) is 0 Å². The number of ether oxygens (including phenoxy) is 1. The second-order valence-corrected chi connectivity index (χ2v) is 6.44. The number of aromatic nitrogens is 1. The van der Waals surface area contributed by atoms with Gasteiger partial charge in [0.15, 0.2) is 0 Å². The quantitative estimate of drug-likeness (QED) is 0.664. The van der Waals surface area contributed by atoms with Crippen LogP contribution in [-0.2, 0) is 0 Å². The van der Waals surface area contributed by atoms with Gasteiger partial charge >= 0.3 is 0 Å². The van der Waals surface area contributed by atoms with Crippen LogP contribution in [0.1, 0.15) is 23.2 Å². The van der Waals surface area contributed by atoms with Crippen molar-refractivity contribution < 1.29 is 13.9 Å². The highest BCUT2D eigenvalue weighted by molar-refractivity contribution is 6.05. The minimum atomic E-state index is -0.342. The number of benzene rings is 2. The molecule has 0 saturated heterocycles. The molecule has 1 fully saturated rings. The molecule has 4 rings (SSSR count). The van der Waals surface area contributed by atoms with Crippen molar-refractivity contribution >= 4 is 17.3 Å². The van der Waals surface area contributed by atoms with Gasteiger partial charge in [0, 0.05) is 11.1 Å². The summed E-state index contributed by atoms with van der Waals surface area (Å²) in [4.78, 5) is 16.7. The first-order valence-corrected chi connectivity index (χ1v) is 8.68. The smallest absolute Gasteiger partial charge is 0.255 e. The van der Waals surface area contributed by atoms with Gasteiger partial charge in [0.05, 0.1) is 29.4 Å². The number of rotatable bonds is 5. The predicted octanol–water partition coefficient (Wildman–Crippen LogP) is 4.26. The van der Waals surface area contributed by atoms with Gasteiger partial charge in [0.25, 0.3) is 5.91 Å². The van der Waals surface area contributed by atoms with Crippen molar-refractivity contribution in [2.45, 2.75) is 18.9 Å². The fourth-order valence-corrected chi connectivity index (χ4v) is 2.66. The van der Waals surface area contributed by atoms with E-state index in [1.54, 1.807) is 48.5 Å². The summed E-state index contributed by atoms with van der Waals surface area (Å²) in [5.74, 6) is -0.0455. The predicted molar refractivity (Wildman–Crippen MR) is 102 cm³/mol. The molecule has 0 radical (unpaired) electrons. The lowest BCUT2D eigenvalue weighted by Gasteiger charge is -2.10. The summed E-state index contributed by atoms with van der Waals surface area (Å²) in [6, 6.07) is 14.7. The van der Waals surface area contributed by atoms with Crippen LogP contribution in [0, 0.1) is 5.82 Å². The summed E-state index contributed by atoms with van der Waals surface area (Å²) in [5.41, 5.74) is 8.25. The molecule has 27 heavy (non-hydrogen) atoms. The van der Waals surface area contributed by atoms with Gasteiger partial charge in [-0.05, 0) is 55.3 Å². The minimum absolute atomic E-state index is 0.242. The van der Waals surface area contributed by atoms with E-state index in [0.29, 0.717) is 33.9 Å². The van der Waals surface area contributed by atoms with E-state index in [0.717, 1.165) is 12.8 Å². The van der Waals surface area contributed by atoms with Gasteiger partial charge in [-0.3, -0.25) is 9.78 Å². The first-order valence-electron chi connectivity index (χ1n) is 8.68. The molecule has 1 saturated carbocycles. The van der Waals surface area contributed by atoms with Crippen LogP contribution in [0.5, 0.6) is 5.75 Å². The Morgan fingerprint density at radius 1 is 1.15 bits per heavy atom. The standard InChI is InChI=1S/C21H18FN3O2/c22-17-4-2-1-3-16(17)19-9-6-14(12-24-19)25-21(26)13-5-10-20(18(23)11-13)27-15-7-8-15/h1-6,9-12,15H,7-8,23H2,(H,25,26). The molecule has 0 unspecified atom stereocenters. The molecule has 1 aliphatic rings. The number of anilines is 2. The highest BCUT2D eigenvalue weighted by Crippen LogP contribution is 2.31. The summed E-state index contributed by atoms with van der Waals surface area (Å²) < 4.78 is 19.5. The lowest BCUT2D eigenvalue weighted by Crippen LogP contribution is -2.13. The minimum Gasteiger partial charge on any atom is -0.488 e. The Morgan fingerprint density at radius 3 is 2.63 bits per heavy atom. The zero-order valence-corrected chi connectivity index (χ0v) is 14.5. The van der Waals surface area contributed by atoms with E-state index in [1.807, 2.05) is 0 Å². The average Bonchev–Trinajstić information content (AvgIpc) is 3.49. The Hall–Kier alpha value is -3.41. The maximum atomic E-state index is 13.8. The molecular weight excluding hydrogens is 345 g/mol. The molecule has 1 heterocycles. The highest BCUT2D eigenvalue weighted by atomic mass is 19.1. The number of nitrogens with two attached hydrogens (primary N) is 1. The van der Waals surface area contributed by atoms with Crippen LogP contribution in [0.4, 0.5) is 15.8 Å². The van der Waals surface area contributed by atoms with Gasteiger partial charge in [0.2, 0.25) is 0 Å². The molecule has 0 bridgehead atoms. The van der Waals surface area contributed by atoms with Gasteiger partial charge in [-0.25, -0.2) is 4.39 Å². The van der Waals surface area contributed by atoms with Gasteiger partial charge in [-0.15, -0.1) is 0 Å². The third kappa shape index (κ3) is 3.89. The number of carbonyl (C=O) groups excluding carboxylic acids is 1. The molecule has 3 aromatic rings. The van der Waals surface area contributed by atoms with Gasteiger partial charge in [-0.2, -0.15) is 0 Å². The van der Waals surface area contributed by atoms with Crippen LogP contribution in [0.3, 0.4) is 0 Å². The van der Waals surface area contributed by atoms with E-state index >= 15 is 0 Å². The SMILES string of the molecule is Nc1cc(C(=O)Nc2ccc(-c3ccccc3F)nc2)ccc1OC1CC1. The van der Waals surface area contributed by atoms with E-state index in [-0.39, 0.29) is 17.8 Å². The number of halogens is 1. The Bertz CT molecular complexity index is 985. The van der Waals surface area contributed by atoms with Crippen molar-refractivity contribution in [3.8, 4) is 17.0 Å². The van der Waals surface area contributed by atoms with Crippen LogP contribution in [0.15, 0.2) is 60.8 Å². The lowest BCUT2D eigenvalue weighted by molar-refractivity contribution is 0.102. The van der Waals surface area contributed by atoms with E-state index in [1.165, 1.54) is 12.3 Å². The van der Waals surface area contributed by atoms with Crippen LogP contribution >= 0.6 is 0 Å². The van der Waals surface area contributed by atoms with Crippen LogP contribution < -0.4 is 15.8 Å². The monoisotopic (exact) mass is 363 g/mol. The number of nitrogen functional groups attached to an aromatic ring is 1. The van der Waals surface area contributed by atoms with Gasteiger partial charge in [-0.1, -0.05) is 12.1 Å². The first-order chi connectivity index (χ1) is 13.1. The zero-order valence-electron chi connectivity index (χ0n) is 14.5. The zero-order chi connectivity index (χ0) is 18.8. The Labute approximate surface area is 156 Å². The van der Waals surface area contributed by atoms with Crippen molar-refractivity contribution in [1.82, 2.24) is 4.98 Å². The molecular formula is C21H18FN3O2. The molecule has 1 aliphatic carbocycles.